The molecule has 2 unspecified atom stereocenters. The van der Waals surface area contributed by atoms with Gasteiger partial charge in [-0.3, -0.25) is 14.5 Å². The molecule has 7 nitrogen and oxygen atoms in total. The molecule has 1 heterocycles. The number of esters is 1. The van der Waals surface area contributed by atoms with Crippen molar-refractivity contribution in [2.45, 2.75) is 64.0 Å². The standard InChI is InChI=1S/C23H30F6N2O5/c1-3-18(21(33)34-4-2)31-10-6-5-7-15(31)12-30-20(32)17-11-16(35-13-22(24,25)26)8-9-19(17)36-14-23(27,28)29/h8-9,11,15,18H,3-7,10,12-14H2,1-2H3,(H,30,32). The van der Waals surface area contributed by atoms with Crippen LogP contribution in [0.2, 0.25) is 0 Å². The highest BCUT2D eigenvalue weighted by atomic mass is 19.4. The molecule has 13 heteroatoms. The van der Waals surface area contributed by atoms with Crippen LogP contribution in [0.15, 0.2) is 18.2 Å². The third-order valence-electron chi connectivity index (χ3n) is 5.51. The minimum absolute atomic E-state index is 0.0566. The fraction of sp³-hybridized carbons (Fsp3) is 0.652. The normalized spacial score (nSPS) is 17.8. The first-order valence-corrected chi connectivity index (χ1v) is 11.6. The number of nitrogens with zero attached hydrogens (tertiary/aromatic N) is 1. The van der Waals surface area contributed by atoms with E-state index in [2.05, 4.69) is 10.1 Å². The van der Waals surface area contributed by atoms with E-state index in [0.29, 0.717) is 19.4 Å². The largest absolute Gasteiger partial charge is 0.484 e. The van der Waals surface area contributed by atoms with Gasteiger partial charge in [-0.25, -0.2) is 0 Å². The number of carbonyl (C=O) groups excluding carboxylic acids is 2. The number of halogens is 6. The van der Waals surface area contributed by atoms with Crippen LogP contribution >= 0.6 is 0 Å². The smallest absolute Gasteiger partial charge is 0.422 e. The summed E-state index contributed by atoms with van der Waals surface area (Å²) in [4.78, 5) is 27.2. The number of hydrogen-bond acceptors (Lipinski definition) is 6. The molecule has 1 aliphatic rings. The van der Waals surface area contributed by atoms with E-state index < -0.39 is 48.8 Å². The highest BCUT2D eigenvalue weighted by molar-refractivity contribution is 5.97. The van der Waals surface area contributed by atoms with Crippen LogP contribution in [0, 0.1) is 0 Å². The molecule has 0 radical (unpaired) electrons. The van der Waals surface area contributed by atoms with Crippen LogP contribution in [-0.2, 0) is 9.53 Å². The van der Waals surface area contributed by atoms with Crippen molar-refractivity contribution in [2.75, 3.05) is 32.9 Å². The second-order valence-corrected chi connectivity index (χ2v) is 8.24. The monoisotopic (exact) mass is 528 g/mol. The van der Waals surface area contributed by atoms with Crippen LogP contribution in [-0.4, -0.2) is 74.1 Å². The molecule has 1 fully saturated rings. The van der Waals surface area contributed by atoms with Crippen LogP contribution < -0.4 is 14.8 Å². The minimum Gasteiger partial charge on any atom is -0.484 e. The second kappa shape index (κ2) is 13.0. The topological polar surface area (TPSA) is 77.1 Å². The molecule has 1 N–H and O–H groups in total. The van der Waals surface area contributed by atoms with Gasteiger partial charge >= 0.3 is 18.3 Å². The minimum atomic E-state index is -4.69. The summed E-state index contributed by atoms with van der Waals surface area (Å²) in [6.07, 6.45) is -6.51. The zero-order valence-electron chi connectivity index (χ0n) is 20.0. The lowest BCUT2D eigenvalue weighted by atomic mass is 9.98. The van der Waals surface area contributed by atoms with E-state index in [1.807, 2.05) is 11.8 Å². The molecule has 0 bridgehead atoms. The first-order valence-electron chi connectivity index (χ1n) is 11.6. The van der Waals surface area contributed by atoms with Crippen molar-refractivity contribution in [1.29, 1.82) is 0 Å². The first kappa shape index (κ1) is 29.5. The summed E-state index contributed by atoms with van der Waals surface area (Å²) in [6.45, 7) is 1.08. The van der Waals surface area contributed by atoms with E-state index in [1.165, 1.54) is 0 Å². The van der Waals surface area contributed by atoms with Crippen LogP contribution in [0.1, 0.15) is 49.9 Å². The molecule has 1 amide bonds. The zero-order valence-corrected chi connectivity index (χ0v) is 20.0. The number of piperidine rings is 1. The number of amides is 1. The fourth-order valence-corrected chi connectivity index (χ4v) is 3.96. The van der Waals surface area contributed by atoms with Crippen molar-refractivity contribution in [3.05, 3.63) is 23.8 Å². The Kier molecular flexibility index (Phi) is 10.7. The molecule has 1 aliphatic heterocycles. The Bertz CT molecular complexity index is 878. The van der Waals surface area contributed by atoms with Gasteiger partial charge in [0.2, 0.25) is 0 Å². The van der Waals surface area contributed by atoms with E-state index in [0.717, 1.165) is 31.0 Å². The molecule has 0 saturated carbocycles. The van der Waals surface area contributed by atoms with Crippen molar-refractivity contribution in [2.24, 2.45) is 0 Å². The fourth-order valence-electron chi connectivity index (χ4n) is 3.96. The number of ether oxygens (including phenoxy) is 3. The lowest BCUT2D eigenvalue weighted by molar-refractivity contribution is -0.154. The van der Waals surface area contributed by atoms with Crippen LogP contribution in [0.5, 0.6) is 11.5 Å². The maximum Gasteiger partial charge on any atom is 0.422 e. The Morgan fingerprint density at radius 1 is 1.06 bits per heavy atom. The summed E-state index contributed by atoms with van der Waals surface area (Å²) in [5.41, 5.74) is -0.404. The number of benzene rings is 1. The van der Waals surface area contributed by atoms with Gasteiger partial charge in [0.1, 0.15) is 17.5 Å². The summed E-state index contributed by atoms with van der Waals surface area (Å²) in [6, 6.07) is 2.08. The van der Waals surface area contributed by atoms with E-state index in [9.17, 15) is 35.9 Å². The summed E-state index contributed by atoms with van der Waals surface area (Å²) >= 11 is 0. The molecule has 36 heavy (non-hydrogen) atoms. The Labute approximate surface area is 205 Å². The molecule has 0 aliphatic carbocycles. The molecule has 1 aromatic rings. The maximum absolute atomic E-state index is 12.9. The SMILES string of the molecule is CCOC(=O)C(CC)N1CCCCC1CNC(=O)c1cc(OCC(F)(F)F)ccc1OCC(F)(F)F. The molecule has 1 saturated heterocycles. The summed E-state index contributed by atoms with van der Waals surface area (Å²) in [5, 5.41) is 2.61. The average molecular weight is 528 g/mol. The average Bonchev–Trinajstić information content (AvgIpc) is 2.80. The Balaban J connectivity index is 2.19. The van der Waals surface area contributed by atoms with Crippen molar-refractivity contribution in [3.8, 4) is 11.5 Å². The molecule has 2 rings (SSSR count). The van der Waals surface area contributed by atoms with Gasteiger partial charge in [-0.15, -0.1) is 0 Å². The number of rotatable bonds is 11. The zero-order chi connectivity index (χ0) is 26.9. The van der Waals surface area contributed by atoms with Crippen molar-refractivity contribution < 1.29 is 50.1 Å². The Morgan fingerprint density at radius 2 is 1.72 bits per heavy atom. The number of nitrogens with one attached hydrogen (secondary N) is 1. The Hall–Kier alpha value is -2.70. The highest BCUT2D eigenvalue weighted by Gasteiger charge is 2.34. The maximum atomic E-state index is 12.9. The lowest BCUT2D eigenvalue weighted by Crippen LogP contribution is -2.54. The van der Waals surface area contributed by atoms with Gasteiger partial charge in [-0.2, -0.15) is 26.3 Å². The van der Waals surface area contributed by atoms with Gasteiger partial charge in [0.25, 0.3) is 5.91 Å². The summed E-state index contributed by atoms with van der Waals surface area (Å²) in [5.74, 6) is -2.04. The molecule has 204 valence electrons. The van der Waals surface area contributed by atoms with Gasteiger partial charge in [-0.05, 0) is 50.9 Å². The van der Waals surface area contributed by atoms with Crippen molar-refractivity contribution in [1.82, 2.24) is 10.2 Å². The van der Waals surface area contributed by atoms with Crippen molar-refractivity contribution >= 4 is 11.9 Å². The predicted molar refractivity (Wildman–Crippen MR) is 117 cm³/mol. The van der Waals surface area contributed by atoms with Crippen LogP contribution in [0.4, 0.5) is 26.3 Å². The Morgan fingerprint density at radius 3 is 2.33 bits per heavy atom. The van der Waals surface area contributed by atoms with E-state index in [-0.39, 0.29) is 30.9 Å². The molecule has 1 aromatic carbocycles. The second-order valence-electron chi connectivity index (χ2n) is 8.24. The van der Waals surface area contributed by atoms with E-state index in [4.69, 9.17) is 9.47 Å². The highest BCUT2D eigenvalue weighted by Crippen LogP contribution is 2.28. The number of hydrogen-bond donors (Lipinski definition) is 1. The molecule has 0 aromatic heterocycles. The van der Waals surface area contributed by atoms with Gasteiger partial charge in [-0.1, -0.05) is 13.3 Å². The van der Waals surface area contributed by atoms with E-state index >= 15 is 0 Å². The van der Waals surface area contributed by atoms with Crippen LogP contribution in [0.3, 0.4) is 0 Å². The third kappa shape index (κ3) is 9.40. The van der Waals surface area contributed by atoms with Crippen molar-refractivity contribution in [3.63, 3.8) is 0 Å². The lowest BCUT2D eigenvalue weighted by Gasteiger charge is -2.39. The van der Waals surface area contributed by atoms with Crippen LogP contribution in [0.25, 0.3) is 0 Å². The van der Waals surface area contributed by atoms with Gasteiger partial charge in [0.05, 0.1) is 12.2 Å². The number of likely N-dealkylation sites (tertiary alicyclic amines) is 1. The molecule has 0 spiro atoms. The van der Waals surface area contributed by atoms with Gasteiger partial charge in [0, 0.05) is 12.6 Å². The molecule has 2 atom stereocenters. The summed E-state index contributed by atoms with van der Waals surface area (Å²) < 4.78 is 90.0. The quantitative estimate of drug-likeness (QED) is 0.337. The van der Waals surface area contributed by atoms with E-state index in [1.54, 1.807) is 6.92 Å². The first-order chi connectivity index (χ1) is 16.8. The number of alkyl halides is 6. The summed E-state index contributed by atoms with van der Waals surface area (Å²) in [7, 11) is 0. The third-order valence-corrected chi connectivity index (χ3v) is 5.51. The van der Waals surface area contributed by atoms with Gasteiger partial charge in [0.15, 0.2) is 13.2 Å². The van der Waals surface area contributed by atoms with Gasteiger partial charge < -0.3 is 19.5 Å². The number of carbonyl (C=O) groups is 2. The predicted octanol–water partition coefficient (Wildman–Crippen LogP) is 4.49. The molecular formula is C23H30F6N2O5. The molecular weight excluding hydrogens is 498 g/mol.